The van der Waals surface area contributed by atoms with Gasteiger partial charge in [0.25, 0.3) is 11.5 Å². The number of benzene rings is 1. The molecule has 2 atom stereocenters. The van der Waals surface area contributed by atoms with Crippen LogP contribution in [0.1, 0.15) is 45.8 Å². The number of phenols is 1. The van der Waals surface area contributed by atoms with Crippen LogP contribution in [0, 0.1) is 6.92 Å². The molecule has 0 radical (unpaired) electrons. The molecule has 3 heterocycles. The van der Waals surface area contributed by atoms with Crippen LogP contribution in [0.5, 0.6) is 5.75 Å². The fourth-order valence-electron chi connectivity index (χ4n) is 4.44. The zero-order chi connectivity index (χ0) is 27.4. The molecule has 0 aliphatic carbocycles. The van der Waals surface area contributed by atoms with Crippen molar-refractivity contribution >= 4 is 5.91 Å². The Morgan fingerprint density at radius 1 is 1.11 bits per heavy atom. The number of phenolic OH excluding ortho intramolecular Hbond substituents is 1. The van der Waals surface area contributed by atoms with Gasteiger partial charge in [-0.1, -0.05) is 0 Å². The van der Waals surface area contributed by atoms with Crippen molar-refractivity contribution in [2.45, 2.75) is 44.8 Å². The second-order valence-electron chi connectivity index (χ2n) is 8.66. The molecule has 1 aliphatic rings. The Hall–Kier alpha value is -3.81. The van der Waals surface area contributed by atoms with Gasteiger partial charge in [0.2, 0.25) is 0 Å². The number of aryl methyl sites for hydroxylation is 1. The smallest absolute Gasteiger partial charge is 0.419 e. The summed E-state index contributed by atoms with van der Waals surface area (Å²) in [6.07, 6.45) is -7.57. The molecular formula is C23H20F6N4O4. The van der Waals surface area contributed by atoms with Gasteiger partial charge in [-0.3, -0.25) is 9.59 Å². The van der Waals surface area contributed by atoms with E-state index in [0.29, 0.717) is 5.69 Å². The number of nitrogens with zero attached hydrogens (tertiary/aromatic N) is 4. The number of rotatable bonds is 4. The zero-order valence-corrected chi connectivity index (χ0v) is 19.3. The van der Waals surface area contributed by atoms with E-state index in [9.17, 15) is 46.1 Å². The average Bonchev–Trinajstić information content (AvgIpc) is 3.22. The van der Waals surface area contributed by atoms with E-state index in [-0.39, 0.29) is 30.1 Å². The van der Waals surface area contributed by atoms with E-state index in [0.717, 1.165) is 9.47 Å². The van der Waals surface area contributed by atoms with Gasteiger partial charge < -0.3 is 24.2 Å². The van der Waals surface area contributed by atoms with Crippen molar-refractivity contribution in [3.63, 3.8) is 0 Å². The summed E-state index contributed by atoms with van der Waals surface area (Å²) >= 11 is 0. The fourth-order valence-corrected chi connectivity index (χ4v) is 4.44. The number of halogens is 6. The number of hydrogen-bond donors (Lipinski definition) is 2. The van der Waals surface area contributed by atoms with Gasteiger partial charge in [-0.05, 0) is 38.1 Å². The molecule has 3 aromatic rings. The first kappa shape index (κ1) is 26.3. The number of aromatic nitrogens is 3. The molecule has 1 aromatic carbocycles. The lowest BCUT2D eigenvalue weighted by atomic mass is 9.95. The van der Waals surface area contributed by atoms with Crippen LogP contribution < -0.4 is 5.56 Å². The highest BCUT2D eigenvalue weighted by Crippen LogP contribution is 2.45. The third-order valence-electron chi connectivity index (χ3n) is 6.16. The summed E-state index contributed by atoms with van der Waals surface area (Å²) in [7, 11) is 0. The summed E-state index contributed by atoms with van der Waals surface area (Å²) in [6.45, 7) is 1.85. The molecular weight excluding hydrogens is 510 g/mol. The second kappa shape index (κ2) is 8.94. The highest BCUT2D eigenvalue weighted by atomic mass is 19.4. The zero-order valence-electron chi connectivity index (χ0n) is 19.3. The van der Waals surface area contributed by atoms with Crippen LogP contribution in [-0.4, -0.2) is 47.8 Å². The summed E-state index contributed by atoms with van der Waals surface area (Å²) in [5.41, 5.74) is -4.55. The van der Waals surface area contributed by atoms with E-state index < -0.39 is 64.9 Å². The van der Waals surface area contributed by atoms with Crippen LogP contribution in [0.15, 0.2) is 41.6 Å². The minimum atomic E-state index is -5.35. The van der Waals surface area contributed by atoms with Gasteiger partial charge >= 0.3 is 12.4 Å². The Morgan fingerprint density at radius 2 is 1.78 bits per heavy atom. The SMILES string of the molecule is Cc1cn(-c2ccc3n(c2=O)CC(C)N(C(CO)c2cc(C(F)(F)F)cc(C(F)(F)F)c2O)C3=O)cn1. The molecule has 2 N–H and O–H groups in total. The van der Waals surface area contributed by atoms with Crippen LogP contribution in [0.2, 0.25) is 0 Å². The van der Waals surface area contributed by atoms with Gasteiger partial charge in [0.1, 0.15) is 17.1 Å². The predicted octanol–water partition coefficient (Wildman–Crippen LogP) is 3.66. The maximum Gasteiger partial charge on any atom is 0.419 e. The number of imidazole rings is 1. The van der Waals surface area contributed by atoms with Crippen LogP contribution in [0.4, 0.5) is 26.3 Å². The largest absolute Gasteiger partial charge is 0.507 e. The third kappa shape index (κ3) is 4.56. The Morgan fingerprint density at radius 3 is 2.32 bits per heavy atom. The number of amides is 1. The van der Waals surface area contributed by atoms with Crippen molar-refractivity contribution in [3.8, 4) is 11.4 Å². The molecule has 1 aliphatic heterocycles. The van der Waals surface area contributed by atoms with Crippen molar-refractivity contribution in [2.24, 2.45) is 0 Å². The monoisotopic (exact) mass is 530 g/mol. The van der Waals surface area contributed by atoms with Crippen LogP contribution in [0.3, 0.4) is 0 Å². The van der Waals surface area contributed by atoms with E-state index in [4.69, 9.17) is 0 Å². The summed E-state index contributed by atoms with van der Waals surface area (Å²) < 4.78 is 83.2. The summed E-state index contributed by atoms with van der Waals surface area (Å²) in [6, 6.07) is -0.0718. The summed E-state index contributed by atoms with van der Waals surface area (Å²) in [5, 5.41) is 20.4. The number of fused-ring (bicyclic) bond motifs is 1. The lowest BCUT2D eigenvalue weighted by Crippen LogP contribution is -2.52. The summed E-state index contributed by atoms with van der Waals surface area (Å²) in [4.78, 5) is 31.4. The molecule has 0 bridgehead atoms. The molecule has 4 rings (SSSR count). The van der Waals surface area contributed by atoms with Gasteiger partial charge in [0.05, 0.1) is 35.8 Å². The Bertz CT molecular complexity index is 1430. The maximum absolute atomic E-state index is 13.5. The highest BCUT2D eigenvalue weighted by molar-refractivity contribution is 5.94. The molecule has 8 nitrogen and oxygen atoms in total. The van der Waals surface area contributed by atoms with Crippen molar-refractivity contribution in [1.29, 1.82) is 0 Å². The number of aliphatic hydroxyl groups is 1. The molecule has 0 fully saturated rings. The lowest BCUT2D eigenvalue weighted by Gasteiger charge is -2.40. The van der Waals surface area contributed by atoms with E-state index in [1.807, 2.05) is 0 Å². The molecule has 0 saturated heterocycles. The van der Waals surface area contributed by atoms with Crippen molar-refractivity contribution < 1.29 is 41.4 Å². The maximum atomic E-state index is 13.5. The van der Waals surface area contributed by atoms with Gasteiger partial charge in [-0.15, -0.1) is 0 Å². The number of aliphatic hydroxyl groups excluding tert-OH is 1. The normalized spacial score (nSPS) is 17.2. The standard InChI is InChI=1S/C23H20F6N4O4/c1-11-7-31(10-30-11)16-3-4-17-21(37)33(12(2)8-32(17)20(16)36)18(9-34)14-5-13(22(24,25)26)6-15(19(14)35)23(27,28)29/h3-7,10,12,18,34-35H,8-9H2,1-2H3. The van der Waals surface area contributed by atoms with Gasteiger partial charge in [-0.2, -0.15) is 26.3 Å². The second-order valence-corrected chi connectivity index (χ2v) is 8.66. The van der Waals surface area contributed by atoms with Gasteiger partial charge in [0, 0.05) is 24.3 Å². The first-order valence-electron chi connectivity index (χ1n) is 10.8. The van der Waals surface area contributed by atoms with E-state index >= 15 is 0 Å². The molecule has 0 spiro atoms. The summed E-state index contributed by atoms with van der Waals surface area (Å²) in [5.74, 6) is -2.46. The molecule has 1 amide bonds. The predicted molar refractivity (Wildman–Crippen MR) is 116 cm³/mol. The molecule has 37 heavy (non-hydrogen) atoms. The first-order valence-corrected chi connectivity index (χ1v) is 10.8. The third-order valence-corrected chi connectivity index (χ3v) is 6.16. The highest BCUT2D eigenvalue weighted by Gasteiger charge is 2.43. The average molecular weight is 530 g/mol. The number of carbonyl (C=O) groups is 1. The fraction of sp³-hybridized carbons (Fsp3) is 0.348. The van der Waals surface area contributed by atoms with E-state index in [2.05, 4.69) is 4.98 Å². The van der Waals surface area contributed by atoms with Gasteiger partial charge in [-0.25, -0.2) is 4.98 Å². The van der Waals surface area contributed by atoms with Crippen molar-refractivity contribution in [1.82, 2.24) is 19.0 Å². The van der Waals surface area contributed by atoms with E-state index in [1.165, 1.54) is 30.0 Å². The minimum absolute atomic E-state index is 0.168. The minimum Gasteiger partial charge on any atom is -0.507 e. The molecule has 0 saturated carbocycles. The molecule has 2 aromatic heterocycles. The van der Waals surface area contributed by atoms with Crippen molar-refractivity contribution in [2.75, 3.05) is 6.61 Å². The number of alkyl halides is 6. The number of hydrogen-bond acceptors (Lipinski definition) is 5. The topological polar surface area (TPSA) is 101 Å². The molecule has 198 valence electrons. The Labute approximate surface area is 205 Å². The van der Waals surface area contributed by atoms with Crippen LogP contribution in [0.25, 0.3) is 5.69 Å². The molecule has 2 unspecified atom stereocenters. The number of carbonyl (C=O) groups excluding carboxylic acids is 1. The number of aromatic hydroxyl groups is 1. The van der Waals surface area contributed by atoms with Crippen LogP contribution in [-0.2, 0) is 18.9 Å². The Kier molecular flexibility index (Phi) is 6.34. The van der Waals surface area contributed by atoms with Gasteiger partial charge in [0.15, 0.2) is 0 Å². The van der Waals surface area contributed by atoms with E-state index in [1.54, 1.807) is 13.1 Å². The quantitative estimate of drug-likeness (QED) is 0.502. The molecule has 14 heteroatoms. The number of pyridine rings is 1. The Balaban J connectivity index is 1.83. The first-order chi connectivity index (χ1) is 17.1. The van der Waals surface area contributed by atoms with Crippen molar-refractivity contribution in [3.05, 3.63) is 75.2 Å². The lowest BCUT2D eigenvalue weighted by molar-refractivity contribution is -0.144. The van der Waals surface area contributed by atoms with Crippen LogP contribution >= 0.6 is 0 Å².